The van der Waals surface area contributed by atoms with Gasteiger partial charge in [0.1, 0.15) is 11.9 Å². The van der Waals surface area contributed by atoms with Crippen molar-refractivity contribution in [2.45, 2.75) is 32.6 Å². The summed E-state index contributed by atoms with van der Waals surface area (Å²) in [7, 11) is 0. The van der Waals surface area contributed by atoms with Gasteiger partial charge in [-0.15, -0.1) is 24.0 Å². The maximum Gasteiger partial charge on any atom is 0.248 e. The fourth-order valence-electron chi connectivity index (χ4n) is 3.40. The van der Waals surface area contributed by atoms with E-state index in [4.69, 9.17) is 15.5 Å². The van der Waals surface area contributed by atoms with Crippen LogP contribution in [-0.4, -0.2) is 42.5 Å². The van der Waals surface area contributed by atoms with Crippen LogP contribution in [0.4, 0.5) is 4.39 Å². The first-order valence-corrected chi connectivity index (χ1v) is 9.79. The summed E-state index contributed by atoms with van der Waals surface area (Å²) < 4.78 is 19.3. The van der Waals surface area contributed by atoms with Crippen molar-refractivity contribution in [3.8, 4) is 0 Å². The molecule has 2 aromatic rings. The minimum Gasteiger partial charge on any atom is -0.367 e. The number of morpholine rings is 1. The van der Waals surface area contributed by atoms with E-state index in [2.05, 4.69) is 10.2 Å². The fourth-order valence-corrected chi connectivity index (χ4v) is 3.40. The number of nitrogens with one attached hydrogen (secondary N) is 1. The highest BCUT2D eigenvalue weighted by atomic mass is 127. The number of nitrogens with zero attached hydrogens (tertiary/aromatic N) is 2. The number of carbonyl (C=O) groups excluding carboxylic acids is 1. The lowest BCUT2D eigenvalue weighted by atomic mass is 10.1. The standard InChI is InChI=1S/C22H27FN4O2.HI/c1-3-25-22(26-12-16-5-4-6-18(11-16)21(24)28)27-13-15(2)29-20(14-27)17-7-9-19(23)10-8-17;/h4-11,15,20H,3,12-14H2,1-2H3,(H2,24,28)(H,25,26);1H. The molecule has 2 unspecified atom stereocenters. The minimum atomic E-state index is -0.452. The summed E-state index contributed by atoms with van der Waals surface area (Å²) in [6, 6.07) is 13.6. The lowest BCUT2D eigenvalue weighted by Gasteiger charge is -2.38. The van der Waals surface area contributed by atoms with Crippen molar-refractivity contribution in [3.05, 3.63) is 71.0 Å². The third-order valence-corrected chi connectivity index (χ3v) is 4.76. The van der Waals surface area contributed by atoms with E-state index in [-0.39, 0.29) is 42.0 Å². The number of benzene rings is 2. The maximum atomic E-state index is 13.3. The Morgan fingerprint density at radius 2 is 2.00 bits per heavy atom. The monoisotopic (exact) mass is 526 g/mol. The van der Waals surface area contributed by atoms with Crippen molar-refractivity contribution in [1.29, 1.82) is 0 Å². The van der Waals surface area contributed by atoms with Gasteiger partial charge in [-0.2, -0.15) is 0 Å². The summed E-state index contributed by atoms with van der Waals surface area (Å²) in [6.45, 7) is 6.50. The Labute approximate surface area is 193 Å². The van der Waals surface area contributed by atoms with Gasteiger partial charge in [0, 0.05) is 18.7 Å². The van der Waals surface area contributed by atoms with Crippen LogP contribution >= 0.6 is 24.0 Å². The molecule has 2 atom stereocenters. The van der Waals surface area contributed by atoms with Crippen molar-refractivity contribution in [3.63, 3.8) is 0 Å². The second-order valence-electron chi connectivity index (χ2n) is 7.13. The molecule has 0 aromatic heterocycles. The van der Waals surface area contributed by atoms with Crippen LogP contribution in [0.5, 0.6) is 0 Å². The van der Waals surface area contributed by atoms with Crippen LogP contribution in [-0.2, 0) is 11.3 Å². The molecule has 1 heterocycles. The number of nitrogens with two attached hydrogens (primary N) is 1. The number of halogens is 2. The molecule has 2 aromatic carbocycles. The van der Waals surface area contributed by atoms with Gasteiger partial charge >= 0.3 is 0 Å². The van der Waals surface area contributed by atoms with Crippen LogP contribution in [0.2, 0.25) is 0 Å². The number of primary amides is 1. The summed E-state index contributed by atoms with van der Waals surface area (Å²) in [4.78, 5) is 18.3. The van der Waals surface area contributed by atoms with Crippen molar-refractivity contribution >= 4 is 35.8 Å². The molecular formula is C22H28FIN4O2. The summed E-state index contributed by atoms with van der Waals surface area (Å²) in [6.07, 6.45) is -0.165. The lowest BCUT2D eigenvalue weighted by molar-refractivity contribution is -0.0605. The predicted molar refractivity (Wildman–Crippen MR) is 126 cm³/mol. The van der Waals surface area contributed by atoms with Crippen molar-refractivity contribution in [2.24, 2.45) is 10.7 Å². The molecule has 30 heavy (non-hydrogen) atoms. The van der Waals surface area contributed by atoms with Crippen LogP contribution in [0.15, 0.2) is 53.5 Å². The molecule has 0 aliphatic carbocycles. The average molecular weight is 526 g/mol. The first-order valence-electron chi connectivity index (χ1n) is 9.79. The fraction of sp³-hybridized carbons (Fsp3) is 0.364. The first-order chi connectivity index (χ1) is 14.0. The predicted octanol–water partition coefficient (Wildman–Crippen LogP) is 3.47. The molecule has 0 bridgehead atoms. The largest absolute Gasteiger partial charge is 0.367 e. The number of ether oxygens (including phenoxy) is 1. The lowest BCUT2D eigenvalue weighted by Crippen LogP contribution is -2.50. The Morgan fingerprint density at radius 3 is 2.67 bits per heavy atom. The molecule has 3 rings (SSSR count). The van der Waals surface area contributed by atoms with Gasteiger partial charge in [0.15, 0.2) is 5.96 Å². The van der Waals surface area contributed by atoms with E-state index in [1.807, 2.05) is 19.9 Å². The summed E-state index contributed by atoms with van der Waals surface area (Å²) in [5, 5.41) is 3.33. The molecule has 6 nitrogen and oxygen atoms in total. The zero-order valence-corrected chi connectivity index (χ0v) is 19.5. The Balaban J connectivity index is 0.00000320. The molecule has 3 N–H and O–H groups in total. The zero-order chi connectivity index (χ0) is 20.8. The van der Waals surface area contributed by atoms with Crippen LogP contribution in [0.1, 0.15) is 41.4 Å². The van der Waals surface area contributed by atoms with Crippen LogP contribution in [0, 0.1) is 5.82 Å². The Hall–Kier alpha value is -2.20. The number of rotatable bonds is 5. The Bertz CT molecular complexity index is 876. The number of aliphatic imine (C=N–C) groups is 1. The quantitative estimate of drug-likeness (QED) is 0.356. The van der Waals surface area contributed by atoms with Gasteiger partial charge in [-0.05, 0) is 49.2 Å². The molecule has 0 spiro atoms. The van der Waals surface area contributed by atoms with E-state index < -0.39 is 5.91 Å². The van der Waals surface area contributed by atoms with E-state index in [0.29, 0.717) is 25.2 Å². The Kier molecular flexibility index (Phi) is 9.04. The van der Waals surface area contributed by atoms with E-state index in [1.54, 1.807) is 30.3 Å². The number of amides is 1. The molecule has 162 valence electrons. The summed E-state index contributed by atoms with van der Waals surface area (Å²) >= 11 is 0. The zero-order valence-electron chi connectivity index (χ0n) is 17.2. The molecule has 1 amide bonds. The number of hydrogen-bond donors (Lipinski definition) is 2. The number of carbonyl (C=O) groups is 1. The van der Waals surface area contributed by atoms with Gasteiger partial charge in [0.2, 0.25) is 5.91 Å². The second kappa shape index (κ2) is 11.3. The molecule has 0 radical (unpaired) electrons. The topological polar surface area (TPSA) is 79.9 Å². The Morgan fingerprint density at radius 1 is 1.27 bits per heavy atom. The van der Waals surface area contributed by atoms with Gasteiger partial charge < -0.3 is 20.7 Å². The molecule has 1 saturated heterocycles. The first kappa shape index (κ1) is 24.1. The van der Waals surface area contributed by atoms with Crippen LogP contribution < -0.4 is 11.1 Å². The highest BCUT2D eigenvalue weighted by Crippen LogP contribution is 2.25. The van der Waals surface area contributed by atoms with Crippen LogP contribution in [0.25, 0.3) is 0 Å². The van der Waals surface area contributed by atoms with E-state index in [9.17, 15) is 9.18 Å². The van der Waals surface area contributed by atoms with Crippen molar-refractivity contribution in [2.75, 3.05) is 19.6 Å². The molecule has 1 aliphatic heterocycles. The van der Waals surface area contributed by atoms with Gasteiger partial charge in [0.05, 0.1) is 19.2 Å². The van der Waals surface area contributed by atoms with E-state index >= 15 is 0 Å². The molecule has 1 aliphatic rings. The van der Waals surface area contributed by atoms with Crippen molar-refractivity contribution < 1.29 is 13.9 Å². The maximum absolute atomic E-state index is 13.3. The highest BCUT2D eigenvalue weighted by molar-refractivity contribution is 14.0. The van der Waals surface area contributed by atoms with Crippen LogP contribution in [0.3, 0.4) is 0 Å². The van der Waals surface area contributed by atoms with Gasteiger partial charge in [-0.25, -0.2) is 9.38 Å². The van der Waals surface area contributed by atoms with Gasteiger partial charge in [-0.3, -0.25) is 4.79 Å². The molecule has 1 fully saturated rings. The van der Waals surface area contributed by atoms with E-state index in [1.165, 1.54) is 12.1 Å². The highest BCUT2D eigenvalue weighted by Gasteiger charge is 2.28. The minimum absolute atomic E-state index is 0. The van der Waals surface area contributed by atoms with Gasteiger partial charge in [-0.1, -0.05) is 24.3 Å². The van der Waals surface area contributed by atoms with Crippen molar-refractivity contribution in [1.82, 2.24) is 10.2 Å². The summed E-state index contributed by atoms with van der Waals surface area (Å²) in [5.74, 6) is 0.0636. The molecular weight excluding hydrogens is 498 g/mol. The molecule has 0 saturated carbocycles. The smallest absolute Gasteiger partial charge is 0.248 e. The normalized spacial score (nSPS) is 19.2. The average Bonchev–Trinajstić information content (AvgIpc) is 2.71. The third-order valence-electron chi connectivity index (χ3n) is 4.76. The number of guanidine groups is 1. The molecule has 8 heteroatoms. The van der Waals surface area contributed by atoms with Gasteiger partial charge in [0.25, 0.3) is 0 Å². The third kappa shape index (κ3) is 6.40. The number of hydrogen-bond acceptors (Lipinski definition) is 3. The summed E-state index contributed by atoms with van der Waals surface area (Å²) in [5.41, 5.74) is 7.69. The van der Waals surface area contributed by atoms with E-state index in [0.717, 1.165) is 23.6 Å². The SMILES string of the molecule is CCNC(=NCc1cccc(C(N)=O)c1)N1CC(C)OC(c2ccc(F)cc2)C1.I. The second-order valence-corrected chi connectivity index (χ2v) is 7.13.